The van der Waals surface area contributed by atoms with Gasteiger partial charge in [0.05, 0.1) is 23.7 Å². The van der Waals surface area contributed by atoms with Crippen molar-refractivity contribution in [2.24, 2.45) is 5.92 Å². The first-order chi connectivity index (χ1) is 15.1. The predicted octanol–water partition coefficient (Wildman–Crippen LogP) is 2.89. The van der Waals surface area contributed by atoms with Gasteiger partial charge in [-0.25, -0.2) is 4.98 Å². The number of carbonyl (C=O) groups is 2. The van der Waals surface area contributed by atoms with E-state index in [1.807, 2.05) is 28.8 Å². The Morgan fingerprint density at radius 2 is 1.90 bits per heavy atom. The highest BCUT2D eigenvalue weighted by Gasteiger charge is 2.47. The minimum Gasteiger partial charge on any atom is -0.508 e. The number of methoxy groups -OCH3 is 1. The number of aromatic nitrogens is 2. The minimum absolute atomic E-state index is 0.107. The van der Waals surface area contributed by atoms with E-state index in [4.69, 9.17) is 14.5 Å². The van der Waals surface area contributed by atoms with E-state index in [0.717, 1.165) is 11.0 Å². The van der Waals surface area contributed by atoms with Crippen molar-refractivity contribution in [3.05, 3.63) is 54.1 Å². The number of para-hydroxylation sites is 2. The van der Waals surface area contributed by atoms with Crippen molar-refractivity contribution < 1.29 is 24.2 Å². The zero-order valence-electron chi connectivity index (χ0n) is 17.5. The third-order valence-electron chi connectivity index (χ3n) is 5.45. The predicted molar refractivity (Wildman–Crippen MR) is 115 cm³/mol. The summed E-state index contributed by atoms with van der Waals surface area (Å²) in [6, 6.07) is 13.5. The monoisotopic (exact) mass is 423 g/mol. The number of carbonyl (C=O) groups excluding carboxylic acids is 2. The largest absolute Gasteiger partial charge is 0.508 e. The Hall–Kier alpha value is -3.39. The molecule has 1 N–H and O–H groups in total. The van der Waals surface area contributed by atoms with Gasteiger partial charge in [0.2, 0.25) is 11.9 Å². The Kier molecular flexibility index (Phi) is 5.90. The van der Waals surface area contributed by atoms with E-state index < -0.39 is 17.9 Å². The highest BCUT2D eigenvalue weighted by molar-refractivity contribution is 6.08. The molecule has 0 spiro atoms. The molecular weight excluding hydrogens is 398 g/mol. The van der Waals surface area contributed by atoms with Crippen LogP contribution in [0.15, 0.2) is 48.5 Å². The Balaban J connectivity index is 1.93. The molecule has 0 saturated carbocycles. The molecule has 1 aromatic heterocycles. The lowest BCUT2D eigenvalue weighted by atomic mass is 9.89. The fourth-order valence-corrected chi connectivity index (χ4v) is 4.10. The van der Waals surface area contributed by atoms with Crippen LogP contribution in [-0.2, 0) is 19.1 Å². The quantitative estimate of drug-likeness (QED) is 0.357. The maximum atomic E-state index is 13.6. The molecule has 8 nitrogen and oxygen atoms in total. The SMILES string of the molecule is CCOC(=O)[C@H]1C(=O)N(CCCOC)c2nc3ccccc3n2[C@@H]1c1ccc(O)cc1. The lowest BCUT2D eigenvalue weighted by Crippen LogP contribution is -2.50. The number of esters is 1. The molecule has 0 fully saturated rings. The summed E-state index contributed by atoms with van der Waals surface area (Å²) in [5, 5.41) is 9.76. The summed E-state index contributed by atoms with van der Waals surface area (Å²) in [6.07, 6.45) is 0.602. The normalized spacial score (nSPS) is 18.3. The van der Waals surface area contributed by atoms with Crippen LogP contribution in [-0.4, -0.2) is 53.4 Å². The van der Waals surface area contributed by atoms with Crippen molar-refractivity contribution in [3.8, 4) is 5.75 Å². The molecule has 162 valence electrons. The van der Waals surface area contributed by atoms with Crippen molar-refractivity contribution in [3.63, 3.8) is 0 Å². The first kappa shape index (κ1) is 20.9. The summed E-state index contributed by atoms with van der Waals surface area (Å²) in [6.45, 7) is 2.74. The second-order valence-electron chi connectivity index (χ2n) is 7.37. The number of nitrogens with zero attached hydrogens (tertiary/aromatic N) is 3. The molecule has 0 radical (unpaired) electrons. The molecule has 1 aliphatic heterocycles. The molecule has 1 aliphatic rings. The summed E-state index contributed by atoms with van der Waals surface area (Å²) in [5.74, 6) is -1.41. The van der Waals surface area contributed by atoms with E-state index in [-0.39, 0.29) is 18.3 Å². The number of imidazole rings is 1. The fraction of sp³-hybridized carbons (Fsp3) is 0.348. The number of amides is 1. The molecule has 3 aromatic rings. The Morgan fingerprint density at radius 3 is 2.61 bits per heavy atom. The maximum absolute atomic E-state index is 13.6. The van der Waals surface area contributed by atoms with Crippen LogP contribution in [0.25, 0.3) is 11.0 Å². The smallest absolute Gasteiger partial charge is 0.321 e. The first-order valence-electron chi connectivity index (χ1n) is 10.3. The summed E-state index contributed by atoms with van der Waals surface area (Å²) in [7, 11) is 1.61. The Labute approximate surface area is 180 Å². The number of fused-ring (bicyclic) bond motifs is 3. The molecule has 8 heteroatoms. The van der Waals surface area contributed by atoms with E-state index in [1.165, 1.54) is 0 Å². The van der Waals surface area contributed by atoms with Crippen molar-refractivity contribution >= 4 is 28.9 Å². The second-order valence-corrected chi connectivity index (χ2v) is 7.37. The molecule has 0 bridgehead atoms. The molecule has 1 amide bonds. The van der Waals surface area contributed by atoms with Crippen molar-refractivity contribution in [2.45, 2.75) is 19.4 Å². The van der Waals surface area contributed by atoms with E-state index >= 15 is 0 Å². The summed E-state index contributed by atoms with van der Waals surface area (Å²) < 4.78 is 12.4. The number of phenolic OH excluding ortho intramolecular Hbond substituents is 1. The Morgan fingerprint density at radius 1 is 1.16 bits per heavy atom. The molecule has 4 rings (SSSR count). The van der Waals surface area contributed by atoms with Crippen LogP contribution in [0, 0.1) is 5.92 Å². The lowest BCUT2D eigenvalue weighted by molar-refractivity contribution is -0.153. The van der Waals surface area contributed by atoms with Gasteiger partial charge < -0.3 is 19.1 Å². The average molecular weight is 423 g/mol. The van der Waals surface area contributed by atoms with Gasteiger partial charge in [0.1, 0.15) is 5.75 Å². The first-order valence-corrected chi connectivity index (χ1v) is 10.3. The molecule has 2 heterocycles. The number of anilines is 1. The second kappa shape index (κ2) is 8.77. The van der Waals surface area contributed by atoms with Gasteiger partial charge in [-0.15, -0.1) is 0 Å². The van der Waals surface area contributed by atoms with E-state index in [1.54, 1.807) is 43.2 Å². The highest BCUT2D eigenvalue weighted by Crippen LogP contribution is 2.41. The number of ether oxygens (including phenoxy) is 2. The van der Waals surface area contributed by atoms with E-state index in [2.05, 4.69) is 0 Å². The minimum atomic E-state index is -1.07. The fourth-order valence-electron chi connectivity index (χ4n) is 4.10. The third-order valence-corrected chi connectivity index (χ3v) is 5.45. The van der Waals surface area contributed by atoms with Gasteiger partial charge in [0.15, 0.2) is 5.92 Å². The van der Waals surface area contributed by atoms with Crippen LogP contribution in [0.3, 0.4) is 0 Å². The van der Waals surface area contributed by atoms with Crippen LogP contribution < -0.4 is 4.90 Å². The van der Waals surface area contributed by atoms with Gasteiger partial charge in [-0.2, -0.15) is 0 Å². The number of hydrogen-bond acceptors (Lipinski definition) is 6. The van der Waals surface area contributed by atoms with Gasteiger partial charge in [-0.1, -0.05) is 24.3 Å². The summed E-state index contributed by atoms with van der Waals surface area (Å²) >= 11 is 0. The van der Waals surface area contributed by atoms with Crippen LogP contribution in [0.2, 0.25) is 0 Å². The van der Waals surface area contributed by atoms with Crippen LogP contribution in [0.1, 0.15) is 24.9 Å². The van der Waals surface area contributed by atoms with Crippen molar-refractivity contribution in [1.82, 2.24) is 9.55 Å². The van der Waals surface area contributed by atoms with Crippen molar-refractivity contribution in [2.75, 3.05) is 31.8 Å². The Bertz CT molecular complexity index is 1090. The van der Waals surface area contributed by atoms with Crippen molar-refractivity contribution in [1.29, 1.82) is 0 Å². The highest BCUT2D eigenvalue weighted by atomic mass is 16.5. The summed E-state index contributed by atoms with van der Waals surface area (Å²) in [4.78, 5) is 32.9. The maximum Gasteiger partial charge on any atom is 0.321 e. The number of hydrogen-bond donors (Lipinski definition) is 1. The van der Waals surface area contributed by atoms with Crippen LogP contribution >= 0.6 is 0 Å². The van der Waals surface area contributed by atoms with E-state index in [9.17, 15) is 14.7 Å². The topological polar surface area (TPSA) is 93.9 Å². The van der Waals surface area contributed by atoms with Gasteiger partial charge in [-0.05, 0) is 43.2 Å². The zero-order chi connectivity index (χ0) is 22.0. The number of benzene rings is 2. The summed E-state index contributed by atoms with van der Waals surface area (Å²) in [5.41, 5.74) is 2.26. The molecule has 0 unspecified atom stereocenters. The van der Waals surface area contributed by atoms with Crippen LogP contribution in [0.4, 0.5) is 5.95 Å². The lowest BCUT2D eigenvalue weighted by Gasteiger charge is -2.38. The number of phenols is 1. The van der Waals surface area contributed by atoms with Gasteiger partial charge in [0, 0.05) is 20.3 Å². The third kappa shape index (κ3) is 3.74. The zero-order valence-corrected chi connectivity index (χ0v) is 17.5. The van der Waals surface area contributed by atoms with Crippen LogP contribution in [0.5, 0.6) is 5.75 Å². The molecule has 0 saturated heterocycles. The molecule has 2 aromatic carbocycles. The van der Waals surface area contributed by atoms with Gasteiger partial charge >= 0.3 is 5.97 Å². The van der Waals surface area contributed by atoms with Gasteiger partial charge in [0.25, 0.3) is 0 Å². The molecular formula is C23H25N3O5. The van der Waals surface area contributed by atoms with Gasteiger partial charge in [-0.3, -0.25) is 14.5 Å². The number of rotatable bonds is 7. The van der Waals surface area contributed by atoms with E-state index in [0.29, 0.717) is 31.1 Å². The average Bonchev–Trinajstić information content (AvgIpc) is 3.15. The standard InChI is InChI=1S/C23H25N3O5/c1-3-31-22(29)19-20(15-9-11-16(27)12-10-15)26-18-8-5-4-7-17(18)24-23(26)25(21(19)28)13-6-14-30-2/h4-5,7-12,19-20,27H,3,6,13-14H2,1-2H3/t19-,20-/m1/s1. The molecule has 0 aliphatic carbocycles. The number of aromatic hydroxyl groups is 1. The molecule has 2 atom stereocenters. The molecule has 31 heavy (non-hydrogen) atoms.